The Hall–Kier alpha value is -1.37. The first-order chi connectivity index (χ1) is 9.75. The summed E-state index contributed by atoms with van der Waals surface area (Å²) in [6, 6.07) is 2.90. The number of Topliss-reactive ketones (excluding diaryl/α,β-unsaturated/α-hetero) is 1. The summed E-state index contributed by atoms with van der Waals surface area (Å²) in [5, 5.41) is 3.69. The number of nitrogens with zero attached hydrogens (tertiary/aromatic N) is 2. The molecule has 0 bridgehead atoms. The lowest BCUT2D eigenvalue weighted by atomic mass is 9.94. The molecule has 0 atom stereocenters. The molecule has 4 nitrogen and oxygen atoms in total. The van der Waals surface area contributed by atoms with Crippen LogP contribution in [0.4, 0.5) is 4.39 Å². The van der Waals surface area contributed by atoms with Crippen LogP contribution >= 0.6 is 23.7 Å². The molecular weight excluding hydrogens is 313 g/mol. The Kier molecular flexibility index (Phi) is 5.39. The van der Waals surface area contributed by atoms with Crippen molar-refractivity contribution in [2.75, 3.05) is 13.1 Å². The van der Waals surface area contributed by atoms with Crippen molar-refractivity contribution in [1.29, 1.82) is 0 Å². The zero-order valence-electron chi connectivity index (χ0n) is 11.2. The number of pyridine rings is 1. The summed E-state index contributed by atoms with van der Waals surface area (Å²) in [4.78, 5) is 21.1. The van der Waals surface area contributed by atoms with Gasteiger partial charge in [-0.1, -0.05) is 0 Å². The van der Waals surface area contributed by atoms with E-state index in [1.807, 2.05) is 0 Å². The first-order valence-electron chi connectivity index (χ1n) is 6.57. The van der Waals surface area contributed by atoms with E-state index in [9.17, 15) is 9.18 Å². The molecule has 1 aliphatic heterocycles. The lowest BCUT2D eigenvalue weighted by molar-refractivity contribution is 0.0894. The largest absolute Gasteiger partial charge is 0.317 e. The lowest BCUT2D eigenvalue weighted by Gasteiger charge is -2.20. The van der Waals surface area contributed by atoms with Crippen LogP contribution in [0, 0.1) is 11.7 Å². The van der Waals surface area contributed by atoms with E-state index in [1.54, 1.807) is 6.07 Å². The molecule has 3 heterocycles. The van der Waals surface area contributed by atoms with Crippen molar-refractivity contribution in [3.05, 3.63) is 35.4 Å². The summed E-state index contributed by atoms with van der Waals surface area (Å²) in [5.74, 6) is -0.292. The highest BCUT2D eigenvalue weighted by atomic mass is 35.5. The number of carbonyl (C=O) groups excluding carboxylic acids is 1. The van der Waals surface area contributed by atoms with Gasteiger partial charge in [0.15, 0.2) is 10.8 Å². The third kappa shape index (κ3) is 3.45. The lowest BCUT2D eigenvalue weighted by Crippen LogP contribution is -2.31. The number of hydrogen-bond donors (Lipinski definition) is 1. The zero-order valence-corrected chi connectivity index (χ0v) is 12.8. The molecule has 0 radical (unpaired) electrons. The van der Waals surface area contributed by atoms with Crippen molar-refractivity contribution in [1.82, 2.24) is 15.3 Å². The maximum Gasteiger partial charge on any atom is 0.194 e. The summed E-state index contributed by atoms with van der Waals surface area (Å²) in [6.45, 7) is 1.73. The monoisotopic (exact) mass is 327 g/mol. The molecule has 112 valence electrons. The van der Waals surface area contributed by atoms with Gasteiger partial charge in [-0.05, 0) is 38.1 Å². The zero-order chi connectivity index (χ0) is 13.9. The fourth-order valence-corrected chi connectivity index (χ4v) is 3.26. The first-order valence-corrected chi connectivity index (χ1v) is 7.39. The van der Waals surface area contributed by atoms with Crippen LogP contribution in [0.3, 0.4) is 0 Å². The van der Waals surface area contributed by atoms with Crippen LogP contribution in [-0.4, -0.2) is 28.8 Å². The average molecular weight is 328 g/mol. The number of nitrogens with one attached hydrogen (secondary N) is 1. The highest BCUT2D eigenvalue weighted by molar-refractivity contribution is 7.17. The number of aromatic nitrogens is 2. The molecule has 2 aromatic rings. The maximum atomic E-state index is 13.7. The van der Waals surface area contributed by atoms with Crippen LogP contribution in [0.2, 0.25) is 0 Å². The van der Waals surface area contributed by atoms with E-state index in [-0.39, 0.29) is 29.8 Å². The van der Waals surface area contributed by atoms with Gasteiger partial charge in [0.05, 0.1) is 4.88 Å². The Morgan fingerprint density at radius 3 is 2.81 bits per heavy atom. The van der Waals surface area contributed by atoms with E-state index in [2.05, 4.69) is 15.3 Å². The smallest absolute Gasteiger partial charge is 0.194 e. The second kappa shape index (κ2) is 7.06. The van der Waals surface area contributed by atoms with Gasteiger partial charge in [0.1, 0.15) is 11.5 Å². The third-order valence-corrected chi connectivity index (χ3v) is 4.44. The number of hydrogen-bond acceptors (Lipinski definition) is 5. The van der Waals surface area contributed by atoms with Crippen LogP contribution in [0.1, 0.15) is 22.6 Å². The fraction of sp³-hybridized carbons (Fsp3) is 0.357. The highest BCUT2D eigenvalue weighted by Gasteiger charge is 2.25. The molecule has 0 spiro atoms. The second-order valence-electron chi connectivity index (χ2n) is 4.75. The molecule has 1 saturated heterocycles. The third-order valence-electron chi connectivity index (χ3n) is 3.42. The Morgan fingerprint density at radius 2 is 2.10 bits per heavy atom. The van der Waals surface area contributed by atoms with Gasteiger partial charge in [0, 0.05) is 18.3 Å². The van der Waals surface area contributed by atoms with Gasteiger partial charge in [0.25, 0.3) is 0 Å². The van der Waals surface area contributed by atoms with Crippen LogP contribution in [-0.2, 0) is 0 Å². The van der Waals surface area contributed by atoms with Crippen molar-refractivity contribution in [2.45, 2.75) is 12.8 Å². The molecule has 0 unspecified atom stereocenters. The maximum absolute atomic E-state index is 13.7. The topological polar surface area (TPSA) is 54.9 Å². The molecule has 0 aromatic carbocycles. The molecule has 1 fully saturated rings. The molecule has 0 amide bonds. The molecule has 0 saturated carbocycles. The van der Waals surface area contributed by atoms with Crippen LogP contribution < -0.4 is 5.32 Å². The number of rotatable bonds is 3. The normalized spacial score (nSPS) is 15.5. The minimum Gasteiger partial charge on any atom is -0.317 e. The SMILES string of the molecule is Cl.O=C(c1ncc(-c2ncccc2F)s1)C1CCNCC1. The van der Waals surface area contributed by atoms with Crippen molar-refractivity contribution >= 4 is 29.5 Å². The standard InChI is InChI=1S/C14H14FN3OS.ClH/c15-10-2-1-5-17-12(10)11-8-18-14(20-11)13(19)9-3-6-16-7-4-9;/h1-2,5,8-9,16H,3-4,6-7H2;1H. The molecule has 2 aromatic heterocycles. The van der Waals surface area contributed by atoms with Gasteiger partial charge in [-0.25, -0.2) is 9.37 Å². The minimum atomic E-state index is -0.392. The quantitative estimate of drug-likeness (QED) is 0.881. The molecule has 3 rings (SSSR count). The van der Waals surface area contributed by atoms with Gasteiger partial charge < -0.3 is 5.32 Å². The average Bonchev–Trinajstić information content (AvgIpc) is 2.97. The first kappa shape index (κ1) is 16.0. The Labute approximate surface area is 132 Å². The molecule has 1 aliphatic rings. The van der Waals surface area contributed by atoms with Gasteiger partial charge in [-0.15, -0.1) is 23.7 Å². The number of carbonyl (C=O) groups is 1. The van der Waals surface area contributed by atoms with Gasteiger partial charge in [-0.3, -0.25) is 9.78 Å². The number of halogens is 2. The summed E-state index contributed by atoms with van der Waals surface area (Å²) >= 11 is 1.22. The second-order valence-corrected chi connectivity index (χ2v) is 5.78. The van der Waals surface area contributed by atoms with E-state index in [1.165, 1.54) is 29.8 Å². The molecule has 0 aliphatic carbocycles. The molecule has 7 heteroatoms. The molecule has 1 N–H and O–H groups in total. The number of ketones is 1. The van der Waals surface area contributed by atoms with E-state index >= 15 is 0 Å². The Morgan fingerprint density at radius 1 is 1.33 bits per heavy atom. The minimum absolute atomic E-state index is 0. The fourth-order valence-electron chi connectivity index (χ4n) is 2.32. The van der Waals surface area contributed by atoms with E-state index in [4.69, 9.17) is 0 Å². The van der Waals surface area contributed by atoms with Crippen molar-refractivity contribution in [3.63, 3.8) is 0 Å². The van der Waals surface area contributed by atoms with Crippen LogP contribution in [0.5, 0.6) is 0 Å². The molecular formula is C14H15ClFN3OS. The van der Waals surface area contributed by atoms with Gasteiger partial charge in [0.2, 0.25) is 0 Å². The van der Waals surface area contributed by atoms with Crippen LogP contribution in [0.15, 0.2) is 24.5 Å². The summed E-state index contributed by atoms with van der Waals surface area (Å²) < 4.78 is 13.7. The predicted octanol–water partition coefficient (Wildman–Crippen LogP) is 2.95. The number of thiazole rings is 1. The number of piperidine rings is 1. The van der Waals surface area contributed by atoms with E-state index in [0.717, 1.165) is 25.9 Å². The summed E-state index contributed by atoms with van der Waals surface area (Å²) in [7, 11) is 0. The van der Waals surface area contributed by atoms with E-state index in [0.29, 0.717) is 9.88 Å². The highest BCUT2D eigenvalue weighted by Crippen LogP contribution is 2.29. The van der Waals surface area contributed by atoms with Gasteiger partial charge in [-0.2, -0.15) is 0 Å². The summed E-state index contributed by atoms with van der Waals surface area (Å²) in [5.41, 5.74) is 0.259. The van der Waals surface area contributed by atoms with E-state index < -0.39 is 5.82 Å². The van der Waals surface area contributed by atoms with Crippen molar-refractivity contribution < 1.29 is 9.18 Å². The Balaban J connectivity index is 0.00000161. The van der Waals surface area contributed by atoms with Crippen molar-refractivity contribution in [2.24, 2.45) is 5.92 Å². The summed E-state index contributed by atoms with van der Waals surface area (Å²) in [6.07, 6.45) is 4.74. The Bertz CT molecular complexity index is 628. The van der Waals surface area contributed by atoms with Gasteiger partial charge >= 0.3 is 0 Å². The van der Waals surface area contributed by atoms with Crippen molar-refractivity contribution in [3.8, 4) is 10.6 Å². The molecule has 21 heavy (non-hydrogen) atoms. The predicted molar refractivity (Wildman–Crippen MR) is 82.5 cm³/mol. The van der Waals surface area contributed by atoms with Crippen LogP contribution in [0.25, 0.3) is 10.6 Å².